The maximum absolute atomic E-state index is 13.5. The summed E-state index contributed by atoms with van der Waals surface area (Å²) in [5.41, 5.74) is 3.87. The number of ether oxygens (including phenoxy) is 1. The molecular weight excluding hydrogens is 382 g/mol. The van der Waals surface area contributed by atoms with E-state index in [1.165, 1.54) is 11.1 Å². The van der Waals surface area contributed by atoms with Crippen LogP contribution < -0.4 is 9.64 Å². The minimum absolute atomic E-state index is 0.0805. The van der Waals surface area contributed by atoms with Gasteiger partial charge in [-0.1, -0.05) is 43.4 Å². The van der Waals surface area contributed by atoms with Crippen molar-refractivity contribution in [2.24, 2.45) is 0 Å². The number of carbonyl (C=O) groups excluding carboxylic acids is 1. The number of methoxy groups -OCH3 is 1. The smallest absolute Gasteiger partial charge is 0.263 e. The molecule has 0 saturated carbocycles. The van der Waals surface area contributed by atoms with E-state index in [2.05, 4.69) is 44.7 Å². The number of fused-ring (bicyclic) bond motifs is 1. The summed E-state index contributed by atoms with van der Waals surface area (Å²) >= 11 is 1.58. The number of benzene rings is 2. The molecule has 2 aromatic carbocycles. The standard InChI is InChI=1S/C23H29N3O2S/c1-6-25(7-2)12-13-26(22(27)18-10-8-9-11-20(18)28-5)23-24-19-15-16(3)14-17(4)21(19)29-23/h8-11,14-15H,6-7,12-13H2,1-5H3. The quantitative estimate of drug-likeness (QED) is 0.528. The van der Waals surface area contributed by atoms with E-state index in [1.54, 1.807) is 23.3 Å². The zero-order valence-corrected chi connectivity index (χ0v) is 18.7. The second-order valence-electron chi connectivity index (χ2n) is 7.11. The van der Waals surface area contributed by atoms with Gasteiger partial charge in [-0.25, -0.2) is 4.98 Å². The Balaban J connectivity index is 2.03. The SMILES string of the molecule is CCN(CC)CCN(C(=O)c1ccccc1OC)c1nc2cc(C)cc(C)c2s1. The normalized spacial score (nSPS) is 11.2. The number of aromatic nitrogens is 1. The highest BCUT2D eigenvalue weighted by Gasteiger charge is 2.24. The van der Waals surface area contributed by atoms with Crippen LogP contribution >= 0.6 is 11.3 Å². The van der Waals surface area contributed by atoms with Crippen molar-refractivity contribution in [1.82, 2.24) is 9.88 Å². The van der Waals surface area contributed by atoms with Crippen molar-refractivity contribution >= 4 is 32.6 Å². The third kappa shape index (κ3) is 4.60. The van der Waals surface area contributed by atoms with Crippen LogP contribution in [0.15, 0.2) is 36.4 Å². The first-order valence-corrected chi connectivity index (χ1v) is 10.8. The molecule has 5 nitrogen and oxygen atoms in total. The molecule has 3 rings (SSSR count). The molecule has 0 bridgehead atoms. The molecule has 0 radical (unpaired) electrons. The van der Waals surface area contributed by atoms with Crippen molar-refractivity contribution in [2.45, 2.75) is 27.7 Å². The lowest BCUT2D eigenvalue weighted by Gasteiger charge is -2.25. The number of carbonyl (C=O) groups is 1. The van der Waals surface area contributed by atoms with Crippen LogP contribution in [0.3, 0.4) is 0 Å². The molecule has 0 aliphatic carbocycles. The molecule has 0 fully saturated rings. The molecule has 6 heteroatoms. The number of rotatable bonds is 8. The lowest BCUT2D eigenvalue weighted by atomic mass is 10.1. The summed E-state index contributed by atoms with van der Waals surface area (Å²) in [6.45, 7) is 11.7. The summed E-state index contributed by atoms with van der Waals surface area (Å²) < 4.78 is 6.57. The van der Waals surface area contributed by atoms with Crippen molar-refractivity contribution in [3.63, 3.8) is 0 Å². The Kier molecular flexibility index (Phi) is 6.87. The van der Waals surface area contributed by atoms with Gasteiger partial charge < -0.3 is 9.64 Å². The molecule has 29 heavy (non-hydrogen) atoms. The van der Waals surface area contributed by atoms with Gasteiger partial charge >= 0.3 is 0 Å². The summed E-state index contributed by atoms with van der Waals surface area (Å²) in [5.74, 6) is 0.501. The topological polar surface area (TPSA) is 45.7 Å². The Morgan fingerprint density at radius 2 is 1.83 bits per heavy atom. The van der Waals surface area contributed by atoms with Crippen molar-refractivity contribution < 1.29 is 9.53 Å². The van der Waals surface area contributed by atoms with Crippen molar-refractivity contribution in [2.75, 3.05) is 38.2 Å². The summed E-state index contributed by atoms with van der Waals surface area (Å²) in [6.07, 6.45) is 0. The first kappa shape index (κ1) is 21.3. The molecule has 1 heterocycles. The minimum atomic E-state index is -0.0805. The van der Waals surface area contributed by atoms with Crippen LogP contribution in [0.2, 0.25) is 0 Å². The average molecular weight is 412 g/mol. The Morgan fingerprint density at radius 3 is 2.52 bits per heavy atom. The third-order valence-electron chi connectivity index (χ3n) is 5.16. The summed E-state index contributed by atoms with van der Waals surface area (Å²) in [7, 11) is 1.59. The molecule has 1 aromatic heterocycles. The monoisotopic (exact) mass is 411 g/mol. The van der Waals surface area contributed by atoms with E-state index in [0.717, 1.165) is 35.0 Å². The number of nitrogens with zero attached hydrogens (tertiary/aromatic N) is 3. The second-order valence-corrected chi connectivity index (χ2v) is 8.09. The highest BCUT2D eigenvalue weighted by molar-refractivity contribution is 7.22. The fraction of sp³-hybridized carbons (Fsp3) is 0.391. The molecule has 0 N–H and O–H groups in total. The van der Waals surface area contributed by atoms with Crippen molar-refractivity contribution in [3.05, 3.63) is 53.1 Å². The molecular formula is C23H29N3O2S. The van der Waals surface area contributed by atoms with Crippen LogP contribution in [0, 0.1) is 13.8 Å². The molecule has 0 saturated heterocycles. The number of para-hydroxylation sites is 1. The van der Waals surface area contributed by atoms with Crippen LogP contribution in [-0.2, 0) is 0 Å². The van der Waals surface area contributed by atoms with Gasteiger partial charge in [-0.3, -0.25) is 9.69 Å². The number of hydrogen-bond donors (Lipinski definition) is 0. The van der Waals surface area contributed by atoms with Crippen molar-refractivity contribution in [3.8, 4) is 5.75 Å². The Morgan fingerprint density at radius 1 is 1.10 bits per heavy atom. The number of likely N-dealkylation sites (N-methyl/N-ethyl adjacent to an activating group) is 1. The van der Waals surface area contributed by atoms with E-state index in [0.29, 0.717) is 17.9 Å². The lowest BCUT2D eigenvalue weighted by Crippen LogP contribution is -2.39. The maximum atomic E-state index is 13.5. The van der Waals surface area contributed by atoms with Gasteiger partial charge in [0.15, 0.2) is 5.13 Å². The number of amides is 1. The van der Waals surface area contributed by atoms with Crippen LogP contribution in [-0.4, -0.2) is 49.1 Å². The molecule has 154 valence electrons. The van der Waals surface area contributed by atoms with Gasteiger partial charge in [-0.05, 0) is 56.3 Å². The number of hydrogen-bond acceptors (Lipinski definition) is 5. The summed E-state index contributed by atoms with van der Waals surface area (Å²) in [5, 5.41) is 0.733. The van der Waals surface area contributed by atoms with Crippen LogP contribution in [0.5, 0.6) is 5.75 Å². The fourth-order valence-corrected chi connectivity index (χ4v) is 4.55. The first-order chi connectivity index (χ1) is 14.0. The van der Waals surface area contributed by atoms with E-state index in [4.69, 9.17) is 9.72 Å². The molecule has 0 aliphatic rings. The van der Waals surface area contributed by atoms with Gasteiger partial charge in [0.05, 0.1) is 22.9 Å². The largest absolute Gasteiger partial charge is 0.496 e. The van der Waals surface area contributed by atoms with Crippen molar-refractivity contribution in [1.29, 1.82) is 0 Å². The number of aryl methyl sites for hydroxylation is 2. The molecule has 0 unspecified atom stereocenters. The lowest BCUT2D eigenvalue weighted by molar-refractivity contribution is 0.0981. The Hall–Kier alpha value is -2.44. The van der Waals surface area contributed by atoms with Crippen LogP contribution in [0.25, 0.3) is 10.2 Å². The van der Waals surface area contributed by atoms with E-state index in [9.17, 15) is 4.79 Å². The average Bonchev–Trinajstić information content (AvgIpc) is 3.14. The van der Waals surface area contributed by atoms with E-state index < -0.39 is 0 Å². The van der Waals surface area contributed by atoms with E-state index >= 15 is 0 Å². The molecule has 0 spiro atoms. The molecule has 1 amide bonds. The second kappa shape index (κ2) is 9.37. The van der Waals surface area contributed by atoms with Gasteiger partial charge in [-0.2, -0.15) is 0 Å². The highest BCUT2D eigenvalue weighted by Crippen LogP contribution is 2.33. The van der Waals surface area contributed by atoms with Gasteiger partial charge in [0.2, 0.25) is 0 Å². The Labute approximate surface area is 176 Å². The van der Waals surface area contributed by atoms with Gasteiger partial charge in [-0.15, -0.1) is 0 Å². The highest BCUT2D eigenvalue weighted by atomic mass is 32.1. The molecule has 3 aromatic rings. The van der Waals surface area contributed by atoms with Crippen LogP contribution in [0.4, 0.5) is 5.13 Å². The zero-order valence-electron chi connectivity index (χ0n) is 17.9. The predicted octanol–water partition coefficient (Wildman–Crippen LogP) is 4.91. The third-order valence-corrected chi connectivity index (χ3v) is 6.39. The summed E-state index contributed by atoms with van der Waals surface area (Å²) in [4.78, 5) is 22.5. The predicted molar refractivity (Wildman–Crippen MR) is 122 cm³/mol. The maximum Gasteiger partial charge on any atom is 0.263 e. The minimum Gasteiger partial charge on any atom is -0.496 e. The van der Waals surface area contributed by atoms with Gasteiger partial charge in [0, 0.05) is 13.1 Å². The summed E-state index contributed by atoms with van der Waals surface area (Å²) in [6, 6.07) is 11.6. The fourth-order valence-electron chi connectivity index (χ4n) is 3.51. The molecule has 0 aliphatic heterocycles. The zero-order chi connectivity index (χ0) is 21.0. The first-order valence-electron chi connectivity index (χ1n) is 10.0. The number of anilines is 1. The van der Waals surface area contributed by atoms with Gasteiger partial charge in [0.1, 0.15) is 5.75 Å². The number of thiazole rings is 1. The van der Waals surface area contributed by atoms with Gasteiger partial charge in [0.25, 0.3) is 5.91 Å². The van der Waals surface area contributed by atoms with Crippen LogP contribution in [0.1, 0.15) is 35.3 Å². The molecule has 0 atom stereocenters. The van der Waals surface area contributed by atoms with E-state index in [-0.39, 0.29) is 5.91 Å². The Bertz CT molecular complexity index is 995. The van der Waals surface area contributed by atoms with E-state index in [1.807, 2.05) is 24.3 Å².